The van der Waals surface area contributed by atoms with Gasteiger partial charge in [-0.1, -0.05) is 19.3 Å². The summed E-state index contributed by atoms with van der Waals surface area (Å²) >= 11 is 1.47. The van der Waals surface area contributed by atoms with Crippen molar-refractivity contribution in [3.63, 3.8) is 0 Å². The Morgan fingerprint density at radius 3 is 2.83 bits per heavy atom. The van der Waals surface area contributed by atoms with E-state index >= 15 is 0 Å². The molecular formula is C26H32N6O2S. The highest BCUT2D eigenvalue weighted by Gasteiger charge is 2.38. The molecule has 2 atom stereocenters. The highest BCUT2D eigenvalue weighted by molar-refractivity contribution is 7.13. The highest BCUT2D eigenvalue weighted by atomic mass is 32.1. The lowest BCUT2D eigenvalue weighted by Crippen LogP contribution is -2.44. The average Bonchev–Trinajstić information content (AvgIpc) is 3.56. The number of pyridine rings is 1. The van der Waals surface area contributed by atoms with Crippen LogP contribution < -0.4 is 4.90 Å². The number of hydrogen-bond acceptors (Lipinski definition) is 8. The Hall–Kier alpha value is -2.54. The Morgan fingerprint density at radius 2 is 2.06 bits per heavy atom. The van der Waals surface area contributed by atoms with Crippen LogP contribution in [-0.4, -0.2) is 51.5 Å². The van der Waals surface area contributed by atoms with Crippen molar-refractivity contribution >= 4 is 27.6 Å². The summed E-state index contributed by atoms with van der Waals surface area (Å²) < 4.78 is 19.7. The second kappa shape index (κ2) is 9.49. The summed E-state index contributed by atoms with van der Waals surface area (Å²) in [5.41, 5.74) is 3.26. The first-order valence-corrected chi connectivity index (χ1v) is 13.7. The van der Waals surface area contributed by atoms with E-state index in [-0.39, 0.29) is 12.3 Å². The molecule has 6 rings (SSSR count). The number of fused-ring (bicyclic) bond motifs is 1. The molecule has 3 aromatic heterocycles. The molecule has 0 N–H and O–H groups in total. The van der Waals surface area contributed by atoms with Gasteiger partial charge in [0.15, 0.2) is 6.23 Å². The number of nitrogens with zero attached hydrogens (tertiary/aromatic N) is 6. The molecule has 5 heterocycles. The van der Waals surface area contributed by atoms with Crippen LogP contribution in [0, 0.1) is 11.3 Å². The molecule has 3 aromatic rings. The molecule has 2 saturated heterocycles. The summed E-state index contributed by atoms with van der Waals surface area (Å²) in [6, 6.07) is 7.16. The van der Waals surface area contributed by atoms with Crippen LogP contribution in [0.1, 0.15) is 70.1 Å². The Balaban J connectivity index is 1.53. The Kier molecular flexibility index (Phi) is 6.21. The molecule has 8 nitrogen and oxygen atoms in total. The zero-order valence-electron chi connectivity index (χ0n) is 20.3. The lowest BCUT2D eigenvalue weighted by molar-refractivity contribution is -0.0383. The van der Waals surface area contributed by atoms with Gasteiger partial charge in [0.1, 0.15) is 17.0 Å². The van der Waals surface area contributed by atoms with Crippen molar-refractivity contribution in [1.82, 2.24) is 19.1 Å². The summed E-state index contributed by atoms with van der Waals surface area (Å²) in [5, 5.41) is 15.1. The van der Waals surface area contributed by atoms with Crippen LogP contribution in [0.2, 0.25) is 0 Å². The van der Waals surface area contributed by atoms with E-state index in [1.54, 1.807) is 0 Å². The monoisotopic (exact) mass is 492 g/mol. The molecule has 0 aromatic carbocycles. The quantitative estimate of drug-likeness (QED) is 0.494. The molecule has 3 fully saturated rings. The van der Waals surface area contributed by atoms with Crippen molar-refractivity contribution in [2.45, 2.75) is 76.0 Å². The maximum atomic E-state index is 10.5. The van der Waals surface area contributed by atoms with Crippen LogP contribution in [0.5, 0.6) is 0 Å². The average molecular weight is 493 g/mol. The molecule has 1 saturated carbocycles. The van der Waals surface area contributed by atoms with E-state index in [2.05, 4.69) is 29.1 Å². The van der Waals surface area contributed by atoms with E-state index in [1.165, 1.54) is 18.0 Å². The fourth-order valence-electron chi connectivity index (χ4n) is 5.89. The van der Waals surface area contributed by atoms with E-state index in [0.717, 1.165) is 91.1 Å². The SMILES string of the molecule is C[C@H]1COCCN1c1cc(C2(C#N)CCCCC2)c2snc(-c3ccnn3C3CCCCO3)c2n1. The number of hydrogen-bond donors (Lipinski definition) is 0. The number of nitriles is 1. The maximum Gasteiger partial charge on any atom is 0.150 e. The molecule has 9 heteroatoms. The predicted molar refractivity (Wildman–Crippen MR) is 135 cm³/mol. The molecule has 0 bridgehead atoms. The summed E-state index contributed by atoms with van der Waals surface area (Å²) in [6.07, 6.45) is 10.1. The van der Waals surface area contributed by atoms with Gasteiger partial charge < -0.3 is 14.4 Å². The lowest BCUT2D eigenvalue weighted by Gasteiger charge is -2.36. The van der Waals surface area contributed by atoms with Crippen molar-refractivity contribution in [1.29, 1.82) is 5.26 Å². The predicted octanol–water partition coefficient (Wildman–Crippen LogP) is 5.20. The molecule has 3 aliphatic rings. The minimum atomic E-state index is -0.486. The molecular weight excluding hydrogens is 460 g/mol. The number of rotatable bonds is 4. The third kappa shape index (κ3) is 4.02. The van der Waals surface area contributed by atoms with Crippen LogP contribution in [-0.2, 0) is 14.9 Å². The van der Waals surface area contributed by atoms with Crippen LogP contribution >= 0.6 is 11.5 Å². The topological polar surface area (TPSA) is 89.1 Å². The number of aromatic nitrogens is 4. The fraction of sp³-hybridized carbons (Fsp3) is 0.615. The highest BCUT2D eigenvalue weighted by Crippen LogP contribution is 2.46. The zero-order chi connectivity index (χ0) is 23.8. The smallest absolute Gasteiger partial charge is 0.150 e. The third-order valence-corrected chi connectivity index (χ3v) is 8.72. The summed E-state index contributed by atoms with van der Waals surface area (Å²) in [6.45, 7) is 5.09. The Bertz CT molecular complexity index is 1230. The van der Waals surface area contributed by atoms with Crippen LogP contribution in [0.15, 0.2) is 18.3 Å². The van der Waals surface area contributed by atoms with Crippen molar-refractivity contribution in [3.8, 4) is 17.5 Å². The molecule has 35 heavy (non-hydrogen) atoms. The van der Waals surface area contributed by atoms with Gasteiger partial charge in [-0.05, 0) is 68.3 Å². The van der Waals surface area contributed by atoms with Gasteiger partial charge in [-0.15, -0.1) is 0 Å². The second-order valence-electron chi connectivity index (χ2n) is 10.1. The van der Waals surface area contributed by atoms with Crippen molar-refractivity contribution in [2.24, 2.45) is 0 Å². The van der Waals surface area contributed by atoms with E-state index in [1.807, 2.05) is 16.9 Å². The van der Waals surface area contributed by atoms with E-state index < -0.39 is 5.41 Å². The molecule has 1 aliphatic carbocycles. The molecule has 0 spiro atoms. The van der Waals surface area contributed by atoms with E-state index in [9.17, 15) is 5.26 Å². The fourth-order valence-corrected chi connectivity index (χ4v) is 6.83. The second-order valence-corrected chi connectivity index (χ2v) is 10.9. The van der Waals surface area contributed by atoms with Gasteiger partial charge >= 0.3 is 0 Å². The largest absolute Gasteiger partial charge is 0.377 e. The number of morpholine rings is 1. The Labute approximate surface area is 210 Å². The molecule has 184 valence electrons. The minimum Gasteiger partial charge on any atom is -0.377 e. The first-order chi connectivity index (χ1) is 17.2. The normalized spacial score (nSPS) is 25.0. The van der Waals surface area contributed by atoms with E-state index in [4.69, 9.17) is 18.8 Å². The van der Waals surface area contributed by atoms with Crippen LogP contribution in [0.25, 0.3) is 21.6 Å². The van der Waals surface area contributed by atoms with Crippen LogP contribution in [0.4, 0.5) is 5.82 Å². The first kappa shape index (κ1) is 22.9. The lowest BCUT2D eigenvalue weighted by atomic mass is 9.70. The maximum absolute atomic E-state index is 10.5. The van der Waals surface area contributed by atoms with Gasteiger partial charge in [-0.25, -0.2) is 9.67 Å². The molecule has 2 aliphatic heterocycles. The standard InChI is InChI=1S/C26H32N6O2S/c1-18-16-33-14-12-31(18)21-15-19(26(17-27)9-4-2-5-10-26)25-24(29-21)23(30-35-25)20-8-11-28-32(20)22-7-3-6-13-34-22/h8,11,15,18,22H,2-7,9-10,12-14,16H2,1H3/t18-,22?/m0/s1. The minimum absolute atomic E-state index is 0.0730. The number of ether oxygens (including phenoxy) is 2. The van der Waals surface area contributed by atoms with E-state index in [0.29, 0.717) is 13.2 Å². The zero-order valence-corrected chi connectivity index (χ0v) is 21.1. The first-order valence-electron chi connectivity index (χ1n) is 12.9. The van der Waals surface area contributed by atoms with Gasteiger partial charge in [-0.3, -0.25) is 0 Å². The van der Waals surface area contributed by atoms with Crippen molar-refractivity contribution in [2.75, 3.05) is 31.3 Å². The molecule has 1 unspecified atom stereocenters. The van der Waals surface area contributed by atoms with Gasteiger partial charge in [0.05, 0.1) is 41.1 Å². The number of anilines is 1. The van der Waals surface area contributed by atoms with Gasteiger partial charge in [0, 0.05) is 19.3 Å². The van der Waals surface area contributed by atoms with Gasteiger partial charge in [-0.2, -0.15) is 14.7 Å². The summed E-state index contributed by atoms with van der Waals surface area (Å²) in [5.74, 6) is 0.921. The summed E-state index contributed by atoms with van der Waals surface area (Å²) in [4.78, 5) is 7.52. The van der Waals surface area contributed by atoms with Crippen molar-refractivity contribution in [3.05, 3.63) is 23.9 Å². The van der Waals surface area contributed by atoms with Crippen molar-refractivity contribution < 1.29 is 9.47 Å². The molecule has 0 amide bonds. The third-order valence-electron chi connectivity index (χ3n) is 7.85. The van der Waals surface area contributed by atoms with Gasteiger partial charge in [0.25, 0.3) is 0 Å². The Morgan fingerprint density at radius 1 is 1.17 bits per heavy atom. The van der Waals surface area contributed by atoms with Gasteiger partial charge in [0.2, 0.25) is 0 Å². The molecule has 0 radical (unpaired) electrons. The van der Waals surface area contributed by atoms with Crippen LogP contribution in [0.3, 0.4) is 0 Å². The summed E-state index contributed by atoms with van der Waals surface area (Å²) in [7, 11) is 0.